The van der Waals surface area contributed by atoms with Crippen LogP contribution >= 0.6 is 11.3 Å². The van der Waals surface area contributed by atoms with Gasteiger partial charge in [-0.2, -0.15) is 0 Å². The highest BCUT2D eigenvalue weighted by Crippen LogP contribution is 2.38. The predicted molar refractivity (Wildman–Crippen MR) is 106 cm³/mol. The molecule has 4 rings (SSSR count). The number of carbonyl (C=O) groups is 2. The van der Waals surface area contributed by atoms with Crippen LogP contribution in [0.15, 0.2) is 59.7 Å². The molecule has 0 radical (unpaired) electrons. The lowest BCUT2D eigenvalue weighted by Crippen LogP contribution is -2.06. The molecule has 0 bridgehead atoms. The maximum absolute atomic E-state index is 12.8. The number of aryl methyl sites for hydroxylation is 1. The van der Waals surface area contributed by atoms with Crippen LogP contribution in [0.25, 0.3) is 6.08 Å². The molecule has 140 valence electrons. The van der Waals surface area contributed by atoms with E-state index in [1.54, 1.807) is 49.8 Å². The summed E-state index contributed by atoms with van der Waals surface area (Å²) in [5.41, 5.74) is 1.89. The van der Waals surface area contributed by atoms with Crippen molar-refractivity contribution in [1.82, 2.24) is 0 Å². The van der Waals surface area contributed by atoms with Crippen molar-refractivity contribution >= 4 is 29.2 Å². The fourth-order valence-electron chi connectivity index (χ4n) is 3.02. The standard InChI is InChI=1S/C22H16O5S/c1-13-10-15(26-22(24)19-8-5-9-28-19)12-17-20(13)21(23)18(27-17)11-14-6-3-4-7-16(14)25-2/h3-12H,1-2H3/b18-11-. The lowest BCUT2D eigenvalue weighted by atomic mass is 10.0. The molecule has 0 unspecified atom stereocenters. The first-order valence-electron chi connectivity index (χ1n) is 8.54. The van der Waals surface area contributed by atoms with E-state index >= 15 is 0 Å². The van der Waals surface area contributed by atoms with Gasteiger partial charge in [-0.05, 0) is 42.1 Å². The highest BCUT2D eigenvalue weighted by molar-refractivity contribution is 7.12. The molecule has 0 saturated carbocycles. The van der Waals surface area contributed by atoms with Crippen molar-refractivity contribution in [3.63, 3.8) is 0 Å². The van der Waals surface area contributed by atoms with Gasteiger partial charge in [0.2, 0.25) is 5.78 Å². The van der Waals surface area contributed by atoms with Crippen molar-refractivity contribution in [2.24, 2.45) is 0 Å². The Kier molecular flexibility index (Phi) is 4.71. The van der Waals surface area contributed by atoms with Gasteiger partial charge in [0.1, 0.15) is 22.1 Å². The van der Waals surface area contributed by atoms with E-state index in [1.165, 1.54) is 11.3 Å². The number of carbonyl (C=O) groups excluding carboxylic acids is 2. The zero-order chi connectivity index (χ0) is 19.7. The summed E-state index contributed by atoms with van der Waals surface area (Å²) < 4.78 is 16.5. The topological polar surface area (TPSA) is 61.8 Å². The van der Waals surface area contributed by atoms with Crippen molar-refractivity contribution in [3.8, 4) is 17.2 Å². The summed E-state index contributed by atoms with van der Waals surface area (Å²) >= 11 is 1.30. The molecule has 28 heavy (non-hydrogen) atoms. The molecule has 1 aliphatic heterocycles. The maximum atomic E-state index is 12.8. The number of ketones is 1. The van der Waals surface area contributed by atoms with Crippen LogP contribution in [-0.2, 0) is 0 Å². The summed E-state index contributed by atoms with van der Waals surface area (Å²) in [4.78, 5) is 25.5. The molecule has 2 aromatic carbocycles. The smallest absolute Gasteiger partial charge is 0.353 e. The van der Waals surface area contributed by atoms with E-state index in [2.05, 4.69) is 0 Å². The minimum Gasteiger partial charge on any atom is -0.496 e. The van der Waals surface area contributed by atoms with Gasteiger partial charge < -0.3 is 14.2 Å². The van der Waals surface area contributed by atoms with Crippen molar-refractivity contribution in [2.45, 2.75) is 6.92 Å². The number of allylic oxidation sites excluding steroid dienone is 1. The fourth-order valence-corrected chi connectivity index (χ4v) is 3.61. The van der Waals surface area contributed by atoms with E-state index in [0.29, 0.717) is 33.3 Å². The number of ether oxygens (including phenoxy) is 3. The van der Waals surface area contributed by atoms with E-state index in [0.717, 1.165) is 5.56 Å². The number of esters is 1. The highest BCUT2D eigenvalue weighted by atomic mass is 32.1. The van der Waals surface area contributed by atoms with E-state index < -0.39 is 5.97 Å². The zero-order valence-corrected chi connectivity index (χ0v) is 16.0. The predicted octanol–water partition coefficient (Wildman–Crippen LogP) is 4.90. The Bertz CT molecular complexity index is 1100. The van der Waals surface area contributed by atoms with Gasteiger partial charge >= 0.3 is 5.97 Å². The van der Waals surface area contributed by atoms with E-state index in [1.807, 2.05) is 24.3 Å². The van der Waals surface area contributed by atoms with Crippen LogP contribution in [0.1, 0.15) is 31.2 Å². The van der Waals surface area contributed by atoms with Gasteiger partial charge in [-0.1, -0.05) is 24.3 Å². The SMILES string of the molecule is COc1ccccc1/C=C1\Oc2cc(OC(=O)c3cccs3)cc(C)c2C1=O. The van der Waals surface area contributed by atoms with Crippen LogP contribution in [0.3, 0.4) is 0 Å². The van der Waals surface area contributed by atoms with Crippen molar-refractivity contribution in [1.29, 1.82) is 0 Å². The molecule has 5 nitrogen and oxygen atoms in total. The molecule has 2 heterocycles. The number of rotatable bonds is 4. The molecule has 0 aliphatic carbocycles. The molecule has 1 aliphatic rings. The van der Waals surface area contributed by atoms with E-state index in [4.69, 9.17) is 14.2 Å². The number of Topliss-reactive ketones (excluding diaryl/α,β-unsaturated/α-hetero) is 1. The van der Waals surface area contributed by atoms with Crippen LogP contribution in [-0.4, -0.2) is 18.9 Å². The van der Waals surface area contributed by atoms with Gasteiger partial charge in [-0.15, -0.1) is 11.3 Å². The van der Waals surface area contributed by atoms with E-state index in [-0.39, 0.29) is 11.5 Å². The highest BCUT2D eigenvalue weighted by Gasteiger charge is 2.30. The van der Waals surface area contributed by atoms with Crippen molar-refractivity contribution in [2.75, 3.05) is 7.11 Å². The second-order valence-electron chi connectivity index (χ2n) is 6.16. The minimum atomic E-state index is -0.441. The normalized spacial score (nSPS) is 13.9. The van der Waals surface area contributed by atoms with Crippen LogP contribution in [0.2, 0.25) is 0 Å². The Labute approximate surface area is 165 Å². The molecule has 3 aromatic rings. The van der Waals surface area contributed by atoms with Crippen LogP contribution in [0.4, 0.5) is 0 Å². The Balaban J connectivity index is 1.64. The second-order valence-corrected chi connectivity index (χ2v) is 7.11. The van der Waals surface area contributed by atoms with Crippen LogP contribution in [0, 0.1) is 6.92 Å². The van der Waals surface area contributed by atoms with Crippen molar-refractivity contribution < 1.29 is 23.8 Å². The molecular weight excluding hydrogens is 376 g/mol. The quantitative estimate of drug-likeness (QED) is 0.359. The first-order chi connectivity index (χ1) is 13.6. The van der Waals surface area contributed by atoms with Gasteiger partial charge in [0, 0.05) is 11.6 Å². The molecule has 6 heteroatoms. The molecule has 0 fully saturated rings. The number of methoxy groups -OCH3 is 1. The number of thiophene rings is 1. The second kappa shape index (κ2) is 7.32. The number of fused-ring (bicyclic) bond motifs is 1. The molecule has 0 spiro atoms. The lowest BCUT2D eigenvalue weighted by molar-refractivity contribution is 0.0739. The molecule has 0 amide bonds. The Morgan fingerprint density at radius 1 is 1.14 bits per heavy atom. The first-order valence-corrected chi connectivity index (χ1v) is 9.42. The summed E-state index contributed by atoms with van der Waals surface area (Å²) in [6.45, 7) is 1.79. The first kappa shape index (κ1) is 18.0. The van der Waals surface area contributed by atoms with Gasteiger partial charge in [-0.3, -0.25) is 4.79 Å². The third kappa shape index (κ3) is 3.30. The number of benzene rings is 2. The van der Waals surface area contributed by atoms with Gasteiger partial charge in [0.05, 0.1) is 12.7 Å². The number of hydrogen-bond acceptors (Lipinski definition) is 6. The zero-order valence-electron chi connectivity index (χ0n) is 15.2. The Hall–Kier alpha value is -3.38. The summed E-state index contributed by atoms with van der Waals surface area (Å²) in [6, 6.07) is 14.1. The van der Waals surface area contributed by atoms with Crippen LogP contribution in [0.5, 0.6) is 17.2 Å². The third-order valence-electron chi connectivity index (χ3n) is 4.30. The van der Waals surface area contributed by atoms with Gasteiger partial charge in [0.25, 0.3) is 0 Å². The summed E-state index contributed by atoms with van der Waals surface area (Å²) in [6.07, 6.45) is 1.65. The maximum Gasteiger partial charge on any atom is 0.353 e. The monoisotopic (exact) mass is 392 g/mol. The van der Waals surface area contributed by atoms with Gasteiger partial charge in [-0.25, -0.2) is 4.79 Å². The minimum absolute atomic E-state index is 0.198. The van der Waals surface area contributed by atoms with Crippen molar-refractivity contribution in [3.05, 3.63) is 81.2 Å². The Morgan fingerprint density at radius 3 is 2.71 bits per heavy atom. The number of para-hydroxylation sites is 1. The van der Waals surface area contributed by atoms with E-state index in [9.17, 15) is 9.59 Å². The summed E-state index contributed by atoms with van der Waals surface area (Å²) in [5, 5.41) is 1.81. The summed E-state index contributed by atoms with van der Waals surface area (Å²) in [5.74, 6) is 0.896. The molecule has 0 N–H and O–H groups in total. The fraction of sp³-hybridized carbons (Fsp3) is 0.0909. The van der Waals surface area contributed by atoms with Gasteiger partial charge in [0.15, 0.2) is 5.76 Å². The molecule has 0 atom stereocenters. The average molecular weight is 392 g/mol. The number of hydrogen-bond donors (Lipinski definition) is 0. The average Bonchev–Trinajstić information content (AvgIpc) is 3.31. The molecule has 0 saturated heterocycles. The largest absolute Gasteiger partial charge is 0.496 e. The molecular formula is C22H16O5S. The molecule has 1 aromatic heterocycles. The Morgan fingerprint density at radius 2 is 1.96 bits per heavy atom. The summed E-state index contributed by atoms with van der Waals surface area (Å²) in [7, 11) is 1.57. The lowest BCUT2D eigenvalue weighted by Gasteiger charge is -2.07. The third-order valence-corrected chi connectivity index (χ3v) is 5.15. The van der Waals surface area contributed by atoms with Crippen LogP contribution < -0.4 is 14.2 Å².